The summed E-state index contributed by atoms with van der Waals surface area (Å²) in [6, 6.07) is 9.81. The number of phenols is 1. The van der Waals surface area contributed by atoms with Crippen LogP contribution in [0.3, 0.4) is 0 Å². The van der Waals surface area contributed by atoms with Crippen molar-refractivity contribution in [2.45, 2.75) is 6.61 Å². The predicted molar refractivity (Wildman–Crippen MR) is 88.1 cm³/mol. The monoisotopic (exact) mass is 343 g/mol. The summed E-state index contributed by atoms with van der Waals surface area (Å²) in [5, 5.41) is 21.2. The molecule has 8 nitrogen and oxygen atoms in total. The van der Waals surface area contributed by atoms with E-state index in [0.29, 0.717) is 16.7 Å². The van der Waals surface area contributed by atoms with Crippen molar-refractivity contribution in [1.82, 2.24) is 0 Å². The molecule has 25 heavy (non-hydrogen) atoms. The standard InChI is InChI=1S/C17H13NO7/c1-23-12-3-5-15(14(8-12)18(21)22)24-9-10-6-17(20)25-16-7-11(19)2-4-13(10)16/h2-8,19H,9H2,1H3. The zero-order chi connectivity index (χ0) is 18.0. The maximum Gasteiger partial charge on any atom is 0.336 e. The van der Waals surface area contributed by atoms with Crippen LogP contribution in [-0.4, -0.2) is 17.1 Å². The molecule has 3 rings (SSSR count). The molecule has 0 aliphatic carbocycles. The molecule has 1 aromatic heterocycles. The Labute approximate surface area is 141 Å². The Morgan fingerprint density at radius 1 is 1.20 bits per heavy atom. The van der Waals surface area contributed by atoms with Crippen LogP contribution in [0.5, 0.6) is 17.2 Å². The summed E-state index contributed by atoms with van der Waals surface area (Å²) in [5.74, 6) is 0.339. The topological polar surface area (TPSA) is 112 Å². The zero-order valence-electron chi connectivity index (χ0n) is 13.1. The van der Waals surface area contributed by atoms with Gasteiger partial charge in [-0.3, -0.25) is 10.1 Å². The average molecular weight is 343 g/mol. The number of nitro groups is 1. The van der Waals surface area contributed by atoms with Crippen LogP contribution >= 0.6 is 0 Å². The van der Waals surface area contributed by atoms with Crippen molar-refractivity contribution in [2.75, 3.05) is 7.11 Å². The number of nitrogens with zero attached hydrogens (tertiary/aromatic N) is 1. The predicted octanol–water partition coefficient (Wildman–Crippen LogP) is 2.99. The summed E-state index contributed by atoms with van der Waals surface area (Å²) < 4.78 is 15.5. The van der Waals surface area contributed by atoms with Crippen molar-refractivity contribution in [2.24, 2.45) is 0 Å². The second-order valence-corrected chi connectivity index (χ2v) is 5.15. The van der Waals surface area contributed by atoms with E-state index in [2.05, 4.69) is 0 Å². The molecular weight excluding hydrogens is 330 g/mol. The number of methoxy groups -OCH3 is 1. The molecule has 8 heteroatoms. The van der Waals surface area contributed by atoms with Gasteiger partial charge in [0.2, 0.25) is 0 Å². The number of nitro benzene ring substituents is 1. The summed E-state index contributed by atoms with van der Waals surface area (Å²) in [6.45, 7) is -0.0833. The van der Waals surface area contributed by atoms with Gasteiger partial charge < -0.3 is 19.0 Å². The van der Waals surface area contributed by atoms with E-state index in [1.54, 1.807) is 6.07 Å². The molecule has 3 aromatic rings. The minimum Gasteiger partial charge on any atom is -0.508 e. The summed E-state index contributed by atoms with van der Waals surface area (Å²) >= 11 is 0. The smallest absolute Gasteiger partial charge is 0.336 e. The molecule has 1 N–H and O–H groups in total. The third-order valence-electron chi connectivity index (χ3n) is 3.56. The van der Waals surface area contributed by atoms with E-state index in [4.69, 9.17) is 13.9 Å². The number of hydrogen-bond donors (Lipinski definition) is 1. The van der Waals surface area contributed by atoms with Crippen molar-refractivity contribution in [1.29, 1.82) is 0 Å². The SMILES string of the molecule is COc1ccc(OCc2cc(=O)oc3cc(O)ccc23)c([N+](=O)[O-])c1. The average Bonchev–Trinajstić information content (AvgIpc) is 2.58. The molecule has 0 spiro atoms. The van der Waals surface area contributed by atoms with Crippen LogP contribution in [0.1, 0.15) is 5.56 Å². The van der Waals surface area contributed by atoms with Crippen LogP contribution in [0.25, 0.3) is 11.0 Å². The molecule has 0 unspecified atom stereocenters. The summed E-state index contributed by atoms with van der Waals surface area (Å²) in [7, 11) is 1.41. The van der Waals surface area contributed by atoms with Gasteiger partial charge in [-0.15, -0.1) is 0 Å². The van der Waals surface area contributed by atoms with Gasteiger partial charge in [0.25, 0.3) is 0 Å². The Balaban J connectivity index is 1.96. The minimum atomic E-state index is -0.610. The van der Waals surface area contributed by atoms with Gasteiger partial charge in [-0.05, 0) is 24.3 Å². The van der Waals surface area contributed by atoms with Crippen LogP contribution in [0, 0.1) is 10.1 Å². The van der Waals surface area contributed by atoms with Crippen LogP contribution in [0.15, 0.2) is 51.7 Å². The number of hydrogen-bond acceptors (Lipinski definition) is 7. The van der Waals surface area contributed by atoms with Crippen molar-refractivity contribution in [3.05, 3.63) is 68.6 Å². The normalized spacial score (nSPS) is 10.6. The van der Waals surface area contributed by atoms with E-state index in [9.17, 15) is 20.0 Å². The summed E-state index contributed by atoms with van der Waals surface area (Å²) in [6.07, 6.45) is 0. The highest BCUT2D eigenvalue weighted by molar-refractivity contribution is 5.81. The Morgan fingerprint density at radius 2 is 2.00 bits per heavy atom. The molecule has 0 aliphatic heterocycles. The van der Waals surface area contributed by atoms with Gasteiger partial charge in [0.05, 0.1) is 18.1 Å². The van der Waals surface area contributed by atoms with E-state index in [-0.39, 0.29) is 29.4 Å². The van der Waals surface area contributed by atoms with Crippen molar-refractivity contribution >= 4 is 16.7 Å². The maximum absolute atomic E-state index is 11.7. The Morgan fingerprint density at radius 3 is 2.72 bits per heavy atom. The Kier molecular flexibility index (Phi) is 4.25. The first-order valence-electron chi connectivity index (χ1n) is 7.19. The molecular formula is C17H13NO7. The van der Waals surface area contributed by atoms with Gasteiger partial charge in [-0.25, -0.2) is 4.79 Å². The van der Waals surface area contributed by atoms with Gasteiger partial charge >= 0.3 is 11.3 Å². The molecule has 0 saturated heterocycles. The van der Waals surface area contributed by atoms with Crippen LogP contribution < -0.4 is 15.1 Å². The lowest BCUT2D eigenvalue weighted by Crippen LogP contribution is -2.05. The maximum atomic E-state index is 11.7. The lowest BCUT2D eigenvalue weighted by atomic mass is 10.1. The van der Waals surface area contributed by atoms with Crippen LogP contribution in [-0.2, 0) is 6.61 Å². The van der Waals surface area contributed by atoms with E-state index >= 15 is 0 Å². The molecule has 0 saturated carbocycles. The first-order valence-corrected chi connectivity index (χ1v) is 7.19. The second kappa shape index (κ2) is 6.52. The van der Waals surface area contributed by atoms with Crippen molar-refractivity contribution < 1.29 is 23.9 Å². The molecule has 0 aliphatic rings. The van der Waals surface area contributed by atoms with Gasteiger partial charge in [-0.2, -0.15) is 0 Å². The first-order chi connectivity index (χ1) is 12.0. The Bertz CT molecular complexity index is 1010. The lowest BCUT2D eigenvalue weighted by Gasteiger charge is -2.09. The molecule has 128 valence electrons. The molecule has 2 aromatic carbocycles. The van der Waals surface area contributed by atoms with E-state index in [0.717, 1.165) is 0 Å². The summed E-state index contributed by atoms with van der Waals surface area (Å²) in [4.78, 5) is 22.3. The fourth-order valence-corrected chi connectivity index (χ4v) is 2.38. The highest BCUT2D eigenvalue weighted by Gasteiger charge is 2.17. The number of ether oxygens (including phenoxy) is 2. The fraction of sp³-hybridized carbons (Fsp3) is 0.118. The molecule has 0 radical (unpaired) electrons. The van der Waals surface area contributed by atoms with Gasteiger partial charge in [-0.1, -0.05) is 0 Å². The van der Waals surface area contributed by atoms with Crippen LogP contribution in [0.2, 0.25) is 0 Å². The zero-order valence-corrected chi connectivity index (χ0v) is 13.1. The minimum absolute atomic E-state index is 0.0421. The van der Waals surface area contributed by atoms with Gasteiger partial charge in [0.15, 0.2) is 5.75 Å². The van der Waals surface area contributed by atoms with Gasteiger partial charge in [0, 0.05) is 23.1 Å². The molecule has 0 atom stereocenters. The first kappa shape index (κ1) is 16.3. The van der Waals surface area contributed by atoms with E-state index < -0.39 is 10.5 Å². The Hall–Kier alpha value is -3.55. The van der Waals surface area contributed by atoms with Gasteiger partial charge in [0.1, 0.15) is 23.7 Å². The molecule has 0 bridgehead atoms. The van der Waals surface area contributed by atoms with Crippen LogP contribution in [0.4, 0.5) is 5.69 Å². The molecule has 0 fully saturated rings. The number of fused-ring (bicyclic) bond motifs is 1. The largest absolute Gasteiger partial charge is 0.508 e. The number of aromatic hydroxyl groups is 1. The summed E-state index contributed by atoms with van der Waals surface area (Å²) in [5.41, 5.74) is -0.170. The third kappa shape index (κ3) is 3.37. The van der Waals surface area contributed by atoms with E-state index in [1.165, 1.54) is 43.5 Å². The number of benzene rings is 2. The van der Waals surface area contributed by atoms with Crippen molar-refractivity contribution in [3.63, 3.8) is 0 Å². The van der Waals surface area contributed by atoms with E-state index in [1.807, 2.05) is 0 Å². The highest BCUT2D eigenvalue weighted by Crippen LogP contribution is 2.32. The fourth-order valence-electron chi connectivity index (χ4n) is 2.38. The number of rotatable bonds is 5. The molecule has 0 amide bonds. The number of phenolic OH excluding ortho intramolecular Hbond substituents is 1. The molecule has 1 heterocycles. The highest BCUT2D eigenvalue weighted by atomic mass is 16.6. The van der Waals surface area contributed by atoms with Crippen molar-refractivity contribution in [3.8, 4) is 17.2 Å². The second-order valence-electron chi connectivity index (χ2n) is 5.15. The quantitative estimate of drug-likeness (QED) is 0.430. The lowest BCUT2D eigenvalue weighted by molar-refractivity contribution is -0.386. The third-order valence-corrected chi connectivity index (χ3v) is 3.56.